The molecule has 0 aliphatic carbocycles. The van der Waals surface area contributed by atoms with Crippen LogP contribution in [0, 0.1) is 0 Å². The smallest absolute Gasteiger partial charge is 0.217 e. The first-order valence-electron chi connectivity index (χ1n) is 6.08. The number of hydrogen-bond acceptors (Lipinski definition) is 3. The maximum atomic E-state index is 6.12. The van der Waals surface area contributed by atoms with Crippen molar-refractivity contribution in [1.29, 1.82) is 0 Å². The molecule has 3 rings (SSSR count). The normalized spacial score (nSPS) is 22.8. The molecule has 0 saturated carbocycles. The average Bonchev–Trinajstić information content (AvgIpc) is 2.78. The van der Waals surface area contributed by atoms with E-state index in [0.29, 0.717) is 4.73 Å². The third kappa shape index (κ3) is 2.08. The van der Waals surface area contributed by atoms with Crippen LogP contribution in [-0.2, 0) is 11.3 Å². The fraction of sp³-hybridized carbons (Fsp3) is 0.385. The van der Waals surface area contributed by atoms with Gasteiger partial charge in [0, 0.05) is 0 Å². The monoisotopic (exact) mass is 307 g/mol. The average molecular weight is 308 g/mol. The van der Waals surface area contributed by atoms with Crippen molar-refractivity contribution < 1.29 is 4.74 Å². The Labute approximate surface area is 114 Å². The van der Waals surface area contributed by atoms with Gasteiger partial charge in [-0.3, -0.25) is 0 Å². The minimum Gasteiger partial charge on any atom is -0.360 e. The van der Waals surface area contributed by atoms with Gasteiger partial charge in [0.1, 0.15) is 6.10 Å². The number of hydrogen-bond donors (Lipinski definition) is 0. The van der Waals surface area contributed by atoms with Gasteiger partial charge in [-0.2, -0.15) is 0 Å². The zero-order valence-corrected chi connectivity index (χ0v) is 11.7. The summed E-state index contributed by atoms with van der Waals surface area (Å²) < 4.78 is 8.69. The Hall–Kier alpha value is -1.20. The van der Waals surface area contributed by atoms with Crippen LogP contribution in [-0.4, -0.2) is 20.9 Å². The molecule has 0 N–H and O–H groups in total. The molecule has 2 atom stereocenters. The highest BCUT2D eigenvalue weighted by molar-refractivity contribution is 9.10. The van der Waals surface area contributed by atoms with Crippen molar-refractivity contribution in [3.8, 4) is 0 Å². The molecule has 2 heterocycles. The molecule has 1 aliphatic rings. The molecule has 2 aromatic rings. The molecule has 18 heavy (non-hydrogen) atoms. The van der Waals surface area contributed by atoms with Gasteiger partial charge in [0.25, 0.3) is 0 Å². The minimum atomic E-state index is -0.122. The van der Waals surface area contributed by atoms with Gasteiger partial charge in [0.05, 0.1) is 12.6 Å². The van der Waals surface area contributed by atoms with Crippen LogP contribution >= 0.6 is 15.9 Å². The molecule has 0 saturated heterocycles. The summed E-state index contributed by atoms with van der Waals surface area (Å²) in [5, 5.41) is 4.37. The van der Waals surface area contributed by atoms with E-state index >= 15 is 0 Å². The second kappa shape index (κ2) is 4.82. The summed E-state index contributed by atoms with van der Waals surface area (Å²) >= 11 is 3.34. The van der Waals surface area contributed by atoms with Gasteiger partial charge in [-0.15, -0.1) is 5.10 Å². The first kappa shape index (κ1) is 11.9. The van der Waals surface area contributed by atoms with Crippen molar-refractivity contribution in [3.63, 3.8) is 0 Å². The second-order valence-electron chi connectivity index (χ2n) is 4.38. The Balaban J connectivity index is 2.03. The summed E-state index contributed by atoms with van der Waals surface area (Å²) in [5.41, 5.74) is 1.12. The van der Waals surface area contributed by atoms with Crippen molar-refractivity contribution in [2.45, 2.75) is 32.1 Å². The van der Waals surface area contributed by atoms with E-state index in [1.165, 1.54) is 0 Å². The lowest BCUT2D eigenvalue weighted by molar-refractivity contribution is -0.0339. The van der Waals surface area contributed by atoms with E-state index in [1.54, 1.807) is 0 Å². The number of benzene rings is 1. The lowest BCUT2D eigenvalue weighted by atomic mass is 10.1. The molecular formula is C13H14BrN3O. The van der Waals surface area contributed by atoms with Crippen molar-refractivity contribution in [2.24, 2.45) is 0 Å². The molecule has 0 amide bonds. The maximum Gasteiger partial charge on any atom is 0.217 e. The second-order valence-corrected chi connectivity index (χ2v) is 5.09. The fourth-order valence-electron chi connectivity index (χ4n) is 2.22. The van der Waals surface area contributed by atoms with Crippen LogP contribution in [0.1, 0.15) is 30.8 Å². The Morgan fingerprint density at radius 1 is 1.39 bits per heavy atom. The third-order valence-electron chi connectivity index (χ3n) is 3.17. The molecule has 0 radical (unpaired) electrons. The summed E-state index contributed by atoms with van der Waals surface area (Å²) in [4.78, 5) is 4.42. The van der Waals surface area contributed by atoms with Crippen molar-refractivity contribution >= 4 is 15.9 Å². The van der Waals surface area contributed by atoms with Crippen LogP contribution in [0.25, 0.3) is 0 Å². The molecule has 0 spiro atoms. The highest BCUT2D eigenvalue weighted by Gasteiger charge is 2.30. The first-order chi connectivity index (χ1) is 8.78. The molecule has 1 aromatic carbocycles. The number of nitrogens with zero attached hydrogens (tertiary/aromatic N) is 3. The van der Waals surface area contributed by atoms with E-state index in [9.17, 15) is 0 Å². The predicted molar refractivity (Wildman–Crippen MR) is 71.2 cm³/mol. The van der Waals surface area contributed by atoms with Gasteiger partial charge < -0.3 is 4.74 Å². The van der Waals surface area contributed by atoms with Crippen LogP contribution < -0.4 is 0 Å². The molecule has 5 heteroatoms. The van der Waals surface area contributed by atoms with E-state index < -0.39 is 0 Å². The topological polar surface area (TPSA) is 39.9 Å². The molecule has 1 aromatic heterocycles. The lowest BCUT2D eigenvalue weighted by Gasteiger charge is -2.29. The van der Waals surface area contributed by atoms with Crippen molar-refractivity contribution in [3.05, 3.63) is 46.5 Å². The Bertz CT molecular complexity index is 540. The fourth-order valence-corrected chi connectivity index (χ4v) is 2.60. The van der Waals surface area contributed by atoms with Gasteiger partial charge >= 0.3 is 0 Å². The lowest BCUT2D eigenvalue weighted by Crippen LogP contribution is -2.31. The summed E-state index contributed by atoms with van der Waals surface area (Å²) in [7, 11) is 0. The first-order valence-corrected chi connectivity index (χ1v) is 6.88. The van der Waals surface area contributed by atoms with E-state index in [0.717, 1.165) is 24.4 Å². The Morgan fingerprint density at radius 3 is 2.89 bits per heavy atom. The maximum absolute atomic E-state index is 6.12. The van der Waals surface area contributed by atoms with Gasteiger partial charge in [0.15, 0.2) is 5.82 Å². The summed E-state index contributed by atoms with van der Waals surface area (Å²) in [6.07, 6.45) is 1.04. The number of fused-ring (bicyclic) bond motifs is 1. The largest absolute Gasteiger partial charge is 0.360 e. The van der Waals surface area contributed by atoms with E-state index in [-0.39, 0.29) is 12.2 Å². The highest BCUT2D eigenvalue weighted by atomic mass is 79.9. The number of ether oxygens (including phenoxy) is 1. The van der Waals surface area contributed by atoms with Crippen molar-refractivity contribution in [2.75, 3.05) is 0 Å². The van der Waals surface area contributed by atoms with Gasteiger partial charge in [-0.05, 0) is 27.9 Å². The van der Waals surface area contributed by atoms with Crippen LogP contribution in [0.2, 0.25) is 0 Å². The van der Waals surface area contributed by atoms with E-state index in [4.69, 9.17) is 4.74 Å². The zero-order chi connectivity index (χ0) is 12.5. The SMILES string of the molecule is CCC1Cn2nc(Br)nc2C(c2ccccc2)O1. The molecule has 4 nitrogen and oxygen atoms in total. The van der Waals surface area contributed by atoms with Gasteiger partial charge in [-0.1, -0.05) is 37.3 Å². The molecule has 94 valence electrons. The summed E-state index contributed by atoms with van der Waals surface area (Å²) in [6.45, 7) is 2.90. The number of aromatic nitrogens is 3. The Kier molecular flexibility index (Phi) is 3.18. The molecule has 0 bridgehead atoms. The van der Waals surface area contributed by atoms with Crippen LogP contribution in [0.15, 0.2) is 35.1 Å². The number of halogens is 1. The third-order valence-corrected chi connectivity index (χ3v) is 3.51. The van der Waals surface area contributed by atoms with E-state index in [1.807, 2.05) is 22.9 Å². The predicted octanol–water partition coefficient (Wildman–Crippen LogP) is 2.94. The van der Waals surface area contributed by atoms with Crippen LogP contribution in [0.3, 0.4) is 0 Å². The standard InChI is InChI=1S/C13H14BrN3O/c1-2-10-8-17-12(15-13(14)16-17)11(18-10)9-6-4-3-5-7-9/h3-7,10-11H,2,8H2,1H3. The molecule has 0 fully saturated rings. The highest BCUT2D eigenvalue weighted by Crippen LogP contribution is 2.31. The number of rotatable bonds is 2. The summed E-state index contributed by atoms with van der Waals surface area (Å²) in [5.74, 6) is 0.873. The van der Waals surface area contributed by atoms with Crippen molar-refractivity contribution in [1.82, 2.24) is 14.8 Å². The summed E-state index contributed by atoms with van der Waals surface area (Å²) in [6, 6.07) is 10.2. The molecule has 2 unspecified atom stereocenters. The van der Waals surface area contributed by atoms with Gasteiger partial charge in [-0.25, -0.2) is 9.67 Å². The van der Waals surface area contributed by atoms with Gasteiger partial charge in [0.2, 0.25) is 4.73 Å². The Morgan fingerprint density at radius 2 is 2.17 bits per heavy atom. The van der Waals surface area contributed by atoms with Crippen LogP contribution in [0.5, 0.6) is 0 Å². The quantitative estimate of drug-likeness (QED) is 0.856. The van der Waals surface area contributed by atoms with Crippen LogP contribution in [0.4, 0.5) is 0 Å². The van der Waals surface area contributed by atoms with E-state index in [2.05, 4.69) is 45.1 Å². The zero-order valence-electron chi connectivity index (χ0n) is 10.1. The molecular weight excluding hydrogens is 294 g/mol. The minimum absolute atomic E-state index is 0.122. The molecule has 1 aliphatic heterocycles.